The van der Waals surface area contributed by atoms with Crippen LogP contribution in [0.5, 0.6) is 0 Å². The van der Waals surface area contributed by atoms with Gasteiger partial charge in [-0.05, 0) is 45.4 Å². The van der Waals surface area contributed by atoms with Crippen LogP contribution in [0.2, 0.25) is 5.02 Å². The molecule has 0 aliphatic carbocycles. The zero-order valence-corrected chi connectivity index (χ0v) is 13.8. The van der Waals surface area contributed by atoms with Gasteiger partial charge in [0.05, 0.1) is 6.04 Å². The molecule has 1 aliphatic rings. The van der Waals surface area contributed by atoms with E-state index in [0.29, 0.717) is 17.1 Å². The smallest absolute Gasteiger partial charge is 0.407 e. The van der Waals surface area contributed by atoms with Crippen LogP contribution in [0.4, 0.5) is 10.5 Å². The highest BCUT2D eigenvalue weighted by Crippen LogP contribution is 2.27. The third-order valence-electron chi connectivity index (χ3n) is 3.37. The minimum Gasteiger partial charge on any atom is -0.444 e. The molecule has 22 heavy (non-hydrogen) atoms. The number of amides is 1. The van der Waals surface area contributed by atoms with Crippen molar-refractivity contribution in [3.63, 3.8) is 0 Å². The second-order valence-corrected chi connectivity index (χ2v) is 6.84. The maximum atomic E-state index is 11.8. The Balaban J connectivity index is 2.00. The molecular weight excluding hydrogens is 304 g/mol. The van der Waals surface area contributed by atoms with Crippen LogP contribution in [0.25, 0.3) is 0 Å². The van der Waals surface area contributed by atoms with Gasteiger partial charge in [0.15, 0.2) is 6.29 Å². The van der Waals surface area contributed by atoms with Crippen LogP contribution in [0.3, 0.4) is 0 Å². The average Bonchev–Trinajstić information content (AvgIpc) is 2.84. The highest BCUT2D eigenvalue weighted by atomic mass is 35.5. The molecular formula is C16H21ClN2O3. The zero-order chi connectivity index (χ0) is 16.3. The number of hydrogen-bond donors (Lipinski definition) is 1. The molecule has 0 bridgehead atoms. The van der Waals surface area contributed by atoms with E-state index in [4.69, 9.17) is 16.3 Å². The third kappa shape index (κ3) is 4.37. The predicted molar refractivity (Wildman–Crippen MR) is 86.8 cm³/mol. The van der Waals surface area contributed by atoms with Gasteiger partial charge in [0.1, 0.15) is 5.60 Å². The Kier molecular flexibility index (Phi) is 4.96. The molecule has 1 saturated heterocycles. The second kappa shape index (κ2) is 6.57. The maximum absolute atomic E-state index is 11.8. The topological polar surface area (TPSA) is 58.6 Å². The Morgan fingerprint density at radius 2 is 2.18 bits per heavy atom. The van der Waals surface area contributed by atoms with Crippen molar-refractivity contribution >= 4 is 29.7 Å². The fourth-order valence-electron chi connectivity index (χ4n) is 2.46. The summed E-state index contributed by atoms with van der Waals surface area (Å²) in [5.74, 6) is 0. The Morgan fingerprint density at radius 1 is 1.45 bits per heavy atom. The maximum Gasteiger partial charge on any atom is 0.407 e. The Hall–Kier alpha value is -1.75. The first-order valence-corrected chi connectivity index (χ1v) is 7.65. The van der Waals surface area contributed by atoms with Crippen molar-refractivity contribution in [3.8, 4) is 0 Å². The molecule has 1 atom stereocenters. The minimum atomic E-state index is -0.514. The van der Waals surface area contributed by atoms with Crippen LogP contribution in [-0.2, 0) is 4.74 Å². The quantitative estimate of drug-likeness (QED) is 0.867. The number of nitrogens with zero attached hydrogens (tertiary/aromatic N) is 1. The molecule has 120 valence electrons. The number of aldehydes is 1. The van der Waals surface area contributed by atoms with Gasteiger partial charge in [-0.15, -0.1) is 0 Å². The Bertz CT molecular complexity index is 569. The van der Waals surface area contributed by atoms with Crippen molar-refractivity contribution in [1.82, 2.24) is 5.32 Å². The fraction of sp³-hybridized carbons (Fsp3) is 0.500. The first-order valence-electron chi connectivity index (χ1n) is 7.27. The van der Waals surface area contributed by atoms with Crippen LogP contribution >= 0.6 is 11.6 Å². The number of ether oxygens (including phenoxy) is 1. The lowest BCUT2D eigenvalue weighted by Crippen LogP contribution is -2.40. The molecule has 2 rings (SSSR count). The van der Waals surface area contributed by atoms with Crippen molar-refractivity contribution < 1.29 is 14.3 Å². The summed E-state index contributed by atoms with van der Waals surface area (Å²) in [6.07, 6.45) is 1.20. The first-order chi connectivity index (χ1) is 10.3. The largest absolute Gasteiger partial charge is 0.444 e. The molecule has 1 unspecified atom stereocenters. The molecule has 0 aromatic heterocycles. The molecule has 1 heterocycles. The molecule has 0 spiro atoms. The van der Waals surface area contributed by atoms with Gasteiger partial charge < -0.3 is 15.0 Å². The van der Waals surface area contributed by atoms with Crippen LogP contribution in [0, 0.1) is 0 Å². The van der Waals surface area contributed by atoms with E-state index in [0.717, 1.165) is 24.9 Å². The SMILES string of the molecule is CC(C)(C)OC(=O)NC1CCN(c2cc(Cl)ccc2C=O)C1. The van der Waals surface area contributed by atoms with E-state index in [1.165, 1.54) is 0 Å². The highest BCUT2D eigenvalue weighted by Gasteiger charge is 2.27. The number of hydrogen-bond acceptors (Lipinski definition) is 4. The van der Waals surface area contributed by atoms with Crippen LogP contribution in [0.15, 0.2) is 18.2 Å². The molecule has 1 N–H and O–H groups in total. The number of alkyl carbamates (subject to hydrolysis) is 1. The van der Waals surface area contributed by atoms with Gasteiger partial charge in [-0.1, -0.05) is 11.6 Å². The summed E-state index contributed by atoms with van der Waals surface area (Å²) in [4.78, 5) is 25.0. The molecule has 0 radical (unpaired) electrons. The number of anilines is 1. The number of carbonyl (C=O) groups excluding carboxylic acids is 2. The Morgan fingerprint density at radius 3 is 2.82 bits per heavy atom. The van der Waals surface area contributed by atoms with Gasteiger partial charge in [-0.2, -0.15) is 0 Å². The van der Waals surface area contributed by atoms with Gasteiger partial charge in [0.25, 0.3) is 0 Å². The van der Waals surface area contributed by atoms with Crippen LogP contribution in [0.1, 0.15) is 37.6 Å². The summed E-state index contributed by atoms with van der Waals surface area (Å²) < 4.78 is 5.26. The summed E-state index contributed by atoms with van der Waals surface area (Å²) in [5.41, 5.74) is 0.887. The van der Waals surface area contributed by atoms with Crippen LogP contribution in [-0.4, -0.2) is 37.1 Å². The van der Waals surface area contributed by atoms with E-state index in [1.54, 1.807) is 18.2 Å². The summed E-state index contributed by atoms with van der Waals surface area (Å²) >= 11 is 6.01. The summed E-state index contributed by atoms with van der Waals surface area (Å²) in [6, 6.07) is 5.18. The van der Waals surface area contributed by atoms with Gasteiger partial charge in [-0.3, -0.25) is 4.79 Å². The third-order valence-corrected chi connectivity index (χ3v) is 3.60. The summed E-state index contributed by atoms with van der Waals surface area (Å²) in [7, 11) is 0. The number of benzene rings is 1. The van der Waals surface area contributed by atoms with Gasteiger partial charge in [-0.25, -0.2) is 4.79 Å². The molecule has 6 heteroatoms. The fourth-order valence-corrected chi connectivity index (χ4v) is 2.63. The molecule has 0 saturated carbocycles. The highest BCUT2D eigenvalue weighted by molar-refractivity contribution is 6.31. The van der Waals surface area contributed by atoms with Gasteiger partial charge in [0, 0.05) is 29.4 Å². The number of rotatable bonds is 3. The number of carbonyl (C=O) groups is 2. The summed E-state index contributed by atoms with van der Waals surface area (Å²) in [6.45, 7) is 6.86. The molecule has 1 aliphatic heterocycles. The minimum absolute atomic E-state index is 0.00617. The van der Waals surface area contributed by atoms with E-state index >= 15 is 0 Å². The molecule has 1 fully saturated rings. The van der Waals surface area contributed by atoms with Gasteiger partial charge in [0.2, 0.25) is 0 Å². The van der Waals surface area contributed by atoms with Crippen molar-refractivity contribution in [2.45, 2.75) is 38.8 Å². The lowest BCUT2D eigenvalue weighted by Gasteiger charge is -2.23. The van der Waals surface area contributed by atoms with Crippen molar-refractivity contribution in [2.24, 2.45) is 0 Å². The number of nitrogens with one attached hydrogen (secondary N) is 1. The zero-order valence-electron chi connectivity index (χ0n) is 13.1. The molecule has 1 amide bonds. The lowest BCUT2D eigenvalue weighted by atomic mass is 10.2. The molecule has 1 aromatic carbocycles. The van der Waals surface area contributed by atoms with Gasteiger partial charge >= 0.3 is 6.09 Å². The van der Waals surface area contributed by atoms with E-state index in [9.17, 15) is 9.59 Å². The lowest BCUT2D eigenvalue weighted by molar-refractivity contribution is 0.0509. The standard InChI is InChI=1S/C16H21ClN2O3/c1-16(2,3)22-15(21)18-13-6-7-19(9-13)14-8-12(17)5-4-11(14)10-20/h4-5,8,10,13H,6-7,9H2,1-3H3,(H,18,21). The Labute approximate surface area is 135 Å². The van der Waals surface area contributed by atoms with E-state index in [-0.39, 0.29) is 6.04 Å². The van der Waals surface area contributed by atoms with Crippen molar-refractivity contribution in [3.05, 3.63) is 28.8 Å². The van der Waals surface area contributed by atoms with Crippen molar-refractivity contribution in [2.75, 3.05) is 18.0 Å². The number of halogens is 1. The summed E-state index contributed by atoms with van der Waals surface area (Å²) in [5, 5.41) is 3.45. The normalized spacial score (nSPS) is 18.2. The van der Waals surface area contributed by atoms with E-state index in [2.05, 4.69) is 10.2 Å². The van der Waals surface area contributed by atoms with Crippen LogP contribution < -0.4 is 10.2 Å². The molecule has 1 aromatic rings. The van der Waals surface area contributed by atoms with Crippen molar-refractivity contribution in [1.29, 1.82) is 0 Å². The van der Waals surface area contributed by atoms with E-state index in [1.807, 2.05) is 20.8 Å². The molecule has 5 nitrogen and oxygen atoms in total. The first kappa shape index (κ1) is 16.6. The predicted octanol–water partition coefficient (Wildman–Crippen LogP) is 3.26. The monoisotopic (exact) mass is 324 g/mol. The second-order valence-electron chi connectivity index (χ2n) is 6.40. The van der Waals surface area contributed by atoms with E-state index < -0.39 is 11.7 Å². The average molecular weight is 325 g/mol.